The van der Waals surface area contributed by atoms with Gasteiger partial charge in [0.05, 0.1) is 26.4 Å². The first-order valence-corrected chi connectivity index (χ1v) is 11.0. The van der Waals surface area contributed by atoms with E-state index in [2.05, 4.69) is 10.2 Å². The van der Waals surface area contributed by atoms with Crippen molar-refractivity contribution in [3.05, 3.63) is 39.8 Å². The monoisotopic (exact) mass is 416 g/mol. The van der Waals surface area contributed by atoms with Crippen molar-refractivity contribution < 1.29 is 19.4 Å². The summed E-state index contributed by atoms with van der Waals surface area (Å²) < 4.78 is 11.0. The number of anilines is 1. The second-order valence-electron chi connectivity index (χ2n) is 7.58. The SMILES string of the molecule is COc1cccc(C(c2c(NC(C)=O)sc3c2CCCC3)N2CCOCC2)c1O. The van der Waals surface area contributed by atoms with E-state index < -0.39 is 0 Å². The Bertz CT molecular complexity index is 889. The molecular formula is C22H28N2O4S. The second kappa shape index (κ2) is 8.73. The molecule has 2 heterocycles. The van der Waals surface area contributed by atoms with Crippen LogP contribution in [0.15, 0.2) is 18.2 Å². The minimum atomic E-state index is -0.158. The van der Waals surface area contributed by atoms with Gasteiger partial charge in [0, 0.05) is 36.0 Å². The topological polar surface area (TPSA) is 71.0 Å². The molecular weight excluding hydrogens is 388 g/mol. The van der Waals surface area contributed by atoms with Crippen LogP contribution in [-0.2, 0) is 22.4 Å². The molecule has 7 heteroatoms. The molecule has 0 saturated carbocycles. The van der Waals surface area contributed by atoms with Gasteiger partial charge in [-0.25, -0.2) is 0 Å². The molecule has 1 aliphatic carbocycles. The first-order valence-electron chi connectivity index (χ1n) is 10.2. The number of carbonyl (C=O) groups excluding carboxylic acids is 1. The summed E-state index contributed by atoms with van der Waals surface area (Å²) in [5.41, 5.74) is 3.28. The van der Waals surface area contributed by atoms with Gasteiger partial charge in [0.25, 0.3) is 0 Å². The molecule has 1 aromatic heterocycles. The van der Waals surface area contributed by atoms with Crippen LogP contribution in [0.25, 0.3) is 0 Å². The minimum absolute atomic E-state index is 0.0690. The van der Waals surface area contributed by atoms with Crippen LogP contribution in [0.2, 0.25) is 0 Å². The van der Waals surface area contributed by atoms with Crippen LogP contribution in [0.5, 0.6) is 11.5 Å². The zero-order valence-electron chi connectivity index (χ0n) is 17.0. The summed E-state index contributed by atoms with van der Waals surface area (Å²) in [6.07, 6.45) is 4.38. The first-order chi connectivity index (χ1) is 14.1. The van der Waals surface area contributed by atoms with Crippen molar-refractivity contribution in [1.29, 1.82) is 0 Å². The smallest absolute Gasteiger partial charge is 0.221 e. The number of fused-ring (bicyclic) bond motifs is 1. The summed E-state index contributed by atoms with van der Waals surface area (Å²) in [5.74, 6) is 0.558. The molecule has 2 aliphatic rings. The molecule has 1 amide bonds. The van der Waals surface area contributed by atoms with Crippen molar-refractivity contribution in [3.63, 3.8) is 0 Å². The van der Waals surface area contributed by atoms with Crippen LogP contribution in [0.4, 0.5) is 5.00 Å². The zero-order valence-corrected chi connectivity index (χ0v) is 17.8. The summed E-state index contributed by atoms with van der Waals surface area (Å²) in [4.78, 5) is 15.7. The number of carbonyl (C=O) groups is 1. The Morgan fingerprint density at radius 3 is 2.76 bits per heavy atom. The molecule has 4 rings (SSSR count). The molecule has 1 atom stereocenters. The zero-order chi connectivity index (χ0) is 20.4. The Labute approximate surface area is 175 Å². The number of thiophene rings is 1. The summed E-state index contributed by atoms with van der Waals surface area (Å²) in [6.45, 7) is 4.40. The molecule has 0 spiro atoms. The number of ether oxygens (including phenoxy) is 2. The van der Waals surface area contributed by atoms with Gasteiger partial charge in [0.1, 0.15) is 5.00 Å². The minimum Gasteiger partial charge on any atom is -0.504 e. The number of benzene rings is 1. The van der Waals surface area contributed by atoms with Crippen LogP contribution in [0.1, 0.15) is 47.4 Å². The molecule has 156 valence electrons. The highest BCUT2D eigenvalue weighted by Crippen LogP contribution is 2.48. The van der Waals surface area contributed by atoms with Crippen molar-refractivity contribution in [2.45, 2.75) is 38.6 Å². The van der Waals surface area contributed by atoms with E-state index in [-0.39, 0.29) is 17.7 Å². The lowest BCUT2D eigenvalue weighted by Gasteiger charge is -2.36. The Hall–Kier alpha value is -2.09. The maximum atomic E-state index is 12.0. The van der Waals surface area contributed by atoms with Gasteiger partial charge in [0.15, 0.2) is 11.5 Å². The highest BCUT2D eigenvalue weighted by molar-refractivity contribution is 7.16. The number of hydrogen-bond donors (Lipinski definition) is 2. The third-order valence-corrected chi connectivity index (χ3v) is 6.95. The number of methoxy groups -OCH3 is 1. The Balaban J connectivity index is 1.90. The van der Waals surface area contributed by atoms with Crippen LogP contribution >= 0.6 is 11.3 Å². The van der Waals surface area contributed by atoms with Gasteiger partial charge in [-0.15, -0.1) is 11.3 Å². The molecule has 1 fully saturated rings. The number of para-hydroxylation sites is 1. The molecule has 1 saturated heterocycles. The highest BCUT2D eigenvalue weighted by Gasteiger charge is 2.34. The van der Waals surface area contributed by atoms with Crippen LogP contribution in [0.3, 0.4) is 0 Å². The standard InChI is InChI=1S/C22H28N2O4S/c1-14(25)23-22-19(15-6-3-4-9-18(15)29-22)20(24-10-12-28-13-11-24)16-7-5-8-17(27-2)21(16)26/h5,7-8,20,26H,3-4,6,9-13H2,1-2H3,(H,23,25). The number of aryl methyl sites for hydroxylation is 1. The van der Waals surface area contributed by atoms with Gasteiger partial charge in [0.2, 0.25) is 5.91 Å². The Kier molecular flexibility index (Phi) is 6.08. The summed E-state index contributed by atoms with van der Waals surface area (Å²) >= 11 is 1.69. The normalized spacial score (nSPS) is 18.1. The maximum Gasteiger partial charge on any atom is 0.221 e. The summed E-state index contributed by atoms with van der Waals surface area (Å²) in [7, 11) is 1.57. The lowest BCUT2D eigenvalue weighted by atomic mass is 9.88. The highest BCUT2D eigenvalue weighted by atomic mass is 32.1. The van der Waals surface area contributed by atoms with Crippen molar-refractivity contribution >= 4 is 22.2 Å². The average Bonchev–Trinajstić information content (AvgIpc) is 3.07. The maximum absolute atomic E-state index is 12.0. The van der Waals surface area contributed by atoms with Crippen LogP contribution < -0.4 is 10.1 Å². The predicted octanol–water partition coefficient (Wildman–Crippen LogP) is 3.72. The third-order valence-electron chi connectivity index (χ3n) is 5.73. The van der Waals surface area contributed by atoms with E-state index in [1.54, 1.807) is 31.4 Å². The molecule has 1 aliphatic heterocycles. The van der Waals surface area contributed by atoms with Gasteiger partial charge < -0.3 is 19.9 Å². The average molecular weight is 417 g/mol. The fourth-order valence-corrected chi connectivity index (χ4v) is 5.79. The third kappa shape index (κ3) is 3.99. The molecule has 6 nitrogen and oxygen atoms in total. The van der Waals surface area contributed by atoms with E-state index in [9.17, 15) is 9.90 Å². The van der Waals surface area contributed by atoms with Gasteiger partial charge in [-0.1, -0.05) is 12.1 Å². The molecule has 2 aromatic rings. The van der Waals surface area contributed by atoms with E-state index in [4.69, 9.17) is 9.47 Å². The lowest BCUT2D eigenvalue weighted by molar-refractivity contribution is -0.114. The number of phenols is 1. The molecule has 0 bridgehead atoms. The van der Waals surface area contributed by atoms with Crippen molar-refractivity contribution in [3.8, 4) is 11.5 Å². The van der Waals surface area contributed by atoms with E-state index in [1.165, 1.54) is 16.9 Å². The number of nitrogens with one attached hydrogen (secondary N) is 1. The fraction of sp³-hybridized carbons (Fsp3) is 0.500. The molecule has 29 heavy (non-hydrogen) atoms. The van der Waals surface area contributed by atoms with E-state index >= 15 is 0 Å². The van der Waals surface area contributed by atoms with Gasteiger partial charge >= 0.3 is 0 Å². The van der Waals surface area contributed by atoms with E-state index in [0.29, 0.717) is 19.0 Å². The van der Waals surface area contributed by atoms with Crippen LogP contribution in [0, 0.1) is 0 Å². The van der Waals surface area contributed by atoms with Crippen LogP contribution in [-0.4, -0.2) is 49.3 Å². The van der Waals surface area contributed by atoms with Crippen molar-refractivity contribution in [1.82, 2.24) is 4.90 Å². The van der Waals surface area contributed by atoms with Gasteiger partial charge in [-0.3, -0.25) is 9.69 Å². The first kappa shape index (κ1) is 20.2. The largest absolute Gasteiger partial charge is 0.504 e. The fourth-order valence-electron chi connectivity index (χ4n) is 4.43. The summed E-state index contributed by atoms with van der Waals surface area (Å²) in [6, 6.07) is 5.49. The number of nitrogens with zero attached hydrogens (tertiary/aromatic N) is 1. The van der Waals surface area contributed by atoms with Gasteiger partial charge in [-0.05, 0) is 37.3 Å². The van der Waals surface area contributed by atoms with Crippen molar-refractivity contribution in [2.24, 2.45) is 0 Å². The number of amides is 1. The number of hydrogen-bond acceptors (Lipinski definition) is 6. The van der Waals surface area contributed by atoms with E-state index in [1.807, 2.05) is 12.1 Å². The molecule has 1 aromatic carbocycles. The van der Waals surface area contributed by atoms with E-state index in [0.717, 1.165) is 48.5 Å². The summed E-state index contributed by atoms with van der Waals surface area (Å²) in [5, 5.41) is 15.0. The number of morpholine rings is 1. The molecule has 0 radical (unpaired) electrons. The predicted molar refractivity (Wildman–Crippen MR) is 114 cm³/mol. The molecule has 1 unspecified atom stereocenters. The Morgan fingerprint density at radius 2 is 2.03 bits per heavy atom. The van der Waals surface area contributed by atoms with Gasteiger partial charge in [-0.2, -0.15) is 0 Å². The lowest BCUT2D eigenvalue weighted by Crippen LogP contribution is -2.40. The number of phenolic OH excluding ortho intramolecular Hbond substituents is 1. The number of aromatic hydroxyl groups is 1. The Morgan fingerprint density at radius 1 is 1.28 bits per heavy atom. The second-order valence-corrected chi connectivity index (χ2v) is 8.69. The molecule has 2 N–H and O–H groups in total. The van der Waals surface area contributed by atoms with Crippen molar-refractivity contribution in [2.75, 3.05) is 38.7 Å². The number of rotatable bonds is 5. The quantitative estimate of drug-likeness (QED) is 0.777.